The van der Waals surface area contributed by atoms with E-state index in [2.05, 4.69) is 6.92 Å². The van der Waals surface area contributed by atoms with Crippen molar-refractivity contribution in [3.8, 4) is 39.1 Å². The molecule has 4 rings (SSSR count). The number of hydrogen-bond acceptors (Lipinski definition) is 1. The largest absolute Gasteiger partial charge is 0.494 e. The van der Waals surface area contributed by atoms with Gasteiger partial charge in [0.05, 0.1) is 6.61 Å². The second-order valence-corrected chi connectivity index (χ2v) is 8.12. The van der Waals surface area contributed by atoms with Crippen molar-refractivity contribution >= 4 is 0 Å². The van der Waals surface area contributed by atoms with Crippen molar-refractivity contribution in [1.29, 1.82) is 0 Å². The summed E-state index contributed by atoms with van der Waals surface area (Å²) in [6.45, 7) is 4.73. The van der Waals surface area contributed by atoms with Gasteiger partial charge < -0.3 is 4.74 Å². The molecule has 0 heterocycles. The number of hydrogen-bond donors (Lipinski definition) is 0. The Hall–Kier alpha value is -3.46. The van der Waals surface area contributed by atoms with Gasteiger partial charge in [0.1, 0.15) is 5.75 Å². The lowest BCUT2D eigenvalue weighted by Gasteiger charge is -2.11. The molecule has 1 nitrogen and oxygen atoms in total. The van der Waals surface area contributed by atoms with Gasteiger partial charge in [-0.3, -0.25) is 0 Å². The van der Waals surface area contributed by atoms with Crippen molar-refractivity contribution in [3.05, 3.63) is 102 Å². The van der Waals surface area contributed by atoms with Crippen LogP contribution in [0.2, 0.25) is 0 Å². The highest BCUT2D eigenvalue weighted by Gasteiger charge is 2.16. The third-order valence-electron chi connectivity index (χ3n) is 5.86. The summed E-state index contributed by atoms with van der Waals surface area (Å²) in [5, 5.41) is 0. The van der Waals surface area contributed by atoms with E-state index in [0.717, 1.165) is 36.1 Å². The Balaban J connectivity index is 1.56. The highest BCUT2D eigenvalue weighted by atomic mass is 19.2. The Bertz CT molecular complexity index is 1190. The van der Waals surface area contributed by atoms with E-state index in [1.54, 1.807) is 12.1 Å². The second-order valence-electron chi connectivity index (χ2n) is 8.12. The van der Waals surface area contributed by atoms with Gasteiger partial charge in [-0.1, -0.05) is 86.1 Å². The minimum absolute atomic E-state index is 0.258. The summed E-state index contributed by atoms with van der Waals surface area (Å²) in [6, 6.07) is 26.4. The first-order valence-corrected chi connectivity index (χ1v) is 11.5. The predicted molar refractivity (Wildman–Crippen MR) is 132 cm³/mol. The molecule has 168 valence electrons. The molecule has 0 unspecified atom stereocenters. The van der Waals surface area contributed by atoms with Crippen LogP contribution >= 0.6 is 0 Å². The fourth-order valence-electron chi connectivity index (χ4n) is 3.98. The zero-order chi connectivity index (χ0) is 23.2. The molecule has 33 heavy (non-hydrogen) atoms. The van der Waals surface area contributed by atoms with Crippen LogP contribution in [0.15, 0.2) is 84.9 Å². The highest BCUT2D eigenvalue weighted by molar-refractivity contribution is 5.74. The van der Waals surface area contributed by atoms with E-state index in [9.17, 15) is 4.39 Å². The summed E-state index contributed by atoms with van der Waals surface area (Å²) in [5.41, 5.74) is 5.12. The molecule has 0 N–H and O–H groups in total. The number of ether oxygens (including phenoxy) is 1. The summed E-state index contributed by atoms with van der Waals surface area (Å²) in [6.07, 6.45) is 3.25. The zero-order valence-electron chi connectivity index (χ0n) is 19.1. The maximum Gasteiger partial charge on any atom is 0.167 e. The van der Waals surface area contributed by atoms with Crippen LogP contribution in [0.3, 0.4) is 0 Å². The van der Waals surface area contributed by atoms with Crippen LogP contribution in [0.5, 0.6) is 5.75 Å². The van der Waals surface area contributed by atoms with Crippen LogP contribution in [0, 0.1) is 11.6 Å². The third-order valence-corrected chi connectivity index (χ3v) is 5.86. The third kappa shape index (κ3) is 5.14. The molecule has 4 aromatic carbocycles. The zero-order valence-corrected chi connectivity index (χ0v) is 19.1. The van der Waals surface area contributed by atoms with E-state index >= 15 is 4.39 Å². The van der Waals surface area contributed by atoms with Gasteiger partial charge in [-0.25, -0.2) is 8.78 Å². The lowest BCUT2D eigenvalue weighted by molar-refractivity contribution is 0.340. The molecule has 0 aliphatic carbocycles. The molecule has 0 amide bonds. The highest BCUT2D eigenvalue weighted by Crippen LogP contribution is 2.33. The van der Waals surface area contributed by atoms with E-state index in [0.29, 0.717) is 17.7 Å². The maximum atomic E-state index is 15.0. The van der Waals surface area contributed by atoms with Gasteiger partial charge in [0.15, 0.2) is 11.6 Å². The summed E-state index contributed by atoms with van der Waals surface area (Å²) >= 11 is 0. The Kier molecular flexibility index (Phi) is 7.19. The standard InChI is InChI=1S/C30H28F2O/c1-3-5-6-21-7-9-24(10-8-21)27-19-20-28(30(32)29(27)31)25-13-11-22(12-14-25)23-15-17-26(18-16-23)33-4-2/h7-20H,3-6H2,1-2H3. The summed E-state index contributed by atoms with van der Waals surface area (Å²) in [4.78, 5) is 0. The molecule has 0 saturated heterocycles. The molecule has 0 aliphatic rings. The van der Waals surface area contributed by atoms with E-state index in [1.807, 2.05) is 79.7 Å². The van der Waals surface area contributed by atoms with E-state index in [-0.39, 0.29) is 11.1 Å². The van der Waals surface area contributed by atoms with Gasteiger partial charge in [-0.05, 0) is 59.7 Å². The van der Waals surface area contributed by atoms with Crippen LogP contribution in [0.25, 0.3) is 33.4 Å². The lowest BCUT2D eigenvalue weighted by atomic mass is 9.96. The van der Waals surface area contributed by atoms with Gasteiger partial charge in [-0.2, -0.15) is 0 Å². The van der Waals surface area contributed by atoms with Crippen molar-refractivity contribution in [2.24, 2.45) is 0 Å². The monoisotopic (exact) mass is 442 g/mol. The molecule has 0 aliphatic heterocycles. The normalized spacial score (nSPS) is 10.9. The topological polar surface area (TPSA) is 9.23 Å². The number of unbranched alkanes of at least 4 members (excludes halogenated alkanes) is 1. The van der Waals surface area contributed by atoms with Gasteiger partial charge in [-0.15, -0.1) is 0 Å². The summed E-state index contributed by atoms with van der Waals surface area (Å²) in [5.74, 6) is -0.813. The van der Waals surface area contributed by atoms with Crippen molar-refractivity contribution in [1.82, 2.24) is 0 Å². The summed E-state index contributed by atoms with van der Waals surface area (Å²) in [7, 11) is 0. The van der Waals surface area contributed by atoms with Crippen LogP contribution in [-0.4, -0.2) is 6.61 Å². The molecule has 4 aromatic rings. The molecule has 0 bridgehead atoms. The van der Waals surface area contributed by atoms with Crippen molar-refractivity contribution < 1.29 is 13.5 Å². The predicted octanol–water partition coefficient (Wildman–Crippen LogP) is 8.71. The minimum atomic E-state index is -0.823. The molecule has 0 atom stereocenters. The fourth-order valence-corrected chi connectivity index (χ4v) is 3.98. The number of halogens is 2. The van der Waals surface area contributed by atoms with Gasteiger partial charge >= 0.3 is 0 Å². The average Bonchev–Trinajstić information content (AvgIpc) is 2.86. The molecule has 0 saturated carbocycles. The molecule has 0 radical (unpaired) electrons. The number of aryl methyl sites for hydroxylation is 1. The quantitative estimate of drug-likeness (QED) is 0.265. The first kappa shape index (κ1) is 22.7. The van der Waals surface area contributed by atoms with Crippen LogP contribution in [0.4, 0.5) is 8.78 Å². The molecular weight excluding hydrogens is 414 g/mol. The Morgan fingerprint density at radius 1 is 0.576 bits per heavy atom. The summed E-state index contributed by atoms with van der Waals surface area (Å²) < 4.78 is 35.5. The average molecular weight is 443 g/mol. The molecule has 0 fully saturated rings. The first-order chi connectivity index (χ1) is 16.1. The van der Waals surface area contributed by atoms with Crippen molar-refractivity contribution in [2.45, 2.75) is 33.1 Å². The Labute approximate surface area is 194 Å². The Morgan fingerprint density at radius 2 is 1.03 bits per heavy atom. The second kappa shape index (κ2) is 10.4. The van der Waals surface area contributed by atoms with Gasteiger partial charge in [0.25, 0.3) is 0 Å². The maximum absolute atomic E-state index is 15.0. The van der Waals surface area contributed by atoms with Crippen LogP contribution in [-0.2, 0) is 6.42 Å². The van der Waals surface area contributed by atoms with E-state index < -0.39 is 11.6 Å². The molecule has 0 spiro atoms. The molecule has 0 aromatic heterocycles. The molecular formula is C30H28F2O. The van der Waals surface area contributed by atoms with Crippen molar-refractivity contribution in [3.63, 3.8) is 0 Å². The van der Waals surface area contributed by atoms with Crippen molar-refractivity contribution in [2.75, 3.05) is 6.61 Å². The van der Waals surface area contributed by atoms with Crippen LogP contribution < -0.4 is 4.74 Å². The fraction of sp³-hybridized carbons (Fsp3) is 0.200. The number of benzene rings is 4. The van der Waals surface area contributed by atoms with Gasteiger partial charge in [0, 0.05) is 11.1 Å². The van der Waals surface area contributed by atoms with E-state index in [1.165, 1.54) is 5.56 Å². The lowest BCUT2D eigenvalue weighted by Crippen LogP contribution is -1.94. The number of rotatable bonds is 8. The van der Waals surface area contributed by atoms with Gasteiger partial charge in [0.2, 0.25) is 0 Å². The Morgan fingerprint density at radius 3 is 1.52 bits per heavy atom. The minimum Gasteiger partial charge on any atom is -0.494 e. The van der Waals surface area contributed by atoms with Crippen LogP contribution in [0.1, 0.15) is 32.3 Å². The SMILES string of the molecule is CCCCc1ccc(-c2ccc(-c3ccc(-c4ccc(OCC)cc4)cc3)c(F)c2F)cc1. The van der Waals surface area contributed by atoms with E-state index in [4.69, 9.17) is 4.74 Å². The molecule has 3 heteroatoms. The first-order valence-electron chi connectivity index (χ1n) is 11.5. The smallest absolute Gasteiger partial charge is 0.167 e.